The van der Waals surface area contributed by atoms with Crippen molar-refractivity contribution in [1.29, 1.82) is 0 Å². The van der Waals surface area contributed by atoms with Gasteiger partial charge in [0.1, 0.15) is 11.6 Å². The molecule has 0 radical (unpaired) electrons. The Kier molecular flexibility index (Phi) is 4.40. The minimum absolute atomic E-state index is 0.0312. The van der Waals surface area contributed by atoms with Gasteiger partial charge in [-0.15, -0.1) is 10.2 Å². The molecule has 3 fully saturated rings. The molecule has 2 aliphatic carbocycles. The molecule has 1 N–H and O–H groups in total. The highest BCUT2D eigenvalue weighted by Gasteiger charge is 2.42. The van der Waals surface area contributed by atoms with Gasteiger partial charge in [-0.1, -0.05) is 5.16 Å². The zero-order chi connectivity index (χ0) is 21.0. The van der Waals surface area contributed by atoms with E-state index in [2.05, 4.69) is 20.7 Å². The van der Waals surface area contributed by atoms with Gasteiger partial charge < -0.3 is 19.3 Å². The molecule has 4 aliphatic rings. The number of nitrogens with one attached hydrogen (secondary N) is 1. The molecule has 9 heteroatoms. The van der Waals surface area contributed by atoms with E-state index >= 15 is 0 Å². The summed E-state index contributed by atoms with van der Waals surface area (Å²) in [6.45, 7) is 2.90. The maximum atomic E-state index is 13.0. The Labute approximate surface area is 180 Å². The fourth-order valence-corrected chi connectivity index (χ4v) is 5.04. The van der Waals surface area contributed by atoms with Crippen molar-refractivity contribution >= 4 is 11.8 Å². The number of aromatic nitrogens is 4. The topological polar surface area (TPSA) is 106 Å². The number of rotatable bonds is 5. The van der Waals surface area contributed by atoms with Gasteiger partial charge in [0.15, 0.2) is 5.69 Å². The number of fused-ring (bicyclic) bond motifs is 1. The molecule has 0 aromatic carbocycles. The van der Waals surface area contributed by atoms with Gasteiger partial charge >= 0.3 is 0 Å². The largest absolute Gasteiger partial charge is 0.360 e. The Morgan fingerprint density at radius 2 is 1.97 bits per heavy atom. The van der Waals surface area contributed by atoms with Crippen LogP contribution in [0.1, 0.15) is 83.6 Å². The van der Waals surface area contributed by atoms with Crippen LogP contribution in [-0.2, 0) is 13.0 Å². The standard InChI is InChI=1S/C22H28N6O3/c29-20(23-12-14-1-2-14)19-25-24-18-5-6-22(8-10-28(18)19)7-9-27(13-22)21(30)16-11-17(31-26-16)15-3-4-15/h11,14-15H,1-10,12-13H2,(H,23,29). The number of likely N-dealkylation sites (tertiary alicyclic amines) is 1. The molecule has 9 nitrogen and oxygen atoms in total. The summed E-state index contributed by atoms with van der Waals surface area (Å²) in [4.78, 5) is 27.5. The molecule has 1 unspecified atom stereocenters. The third kappa shape index (κ3) is 3.64. The van der Waals surface area contributed by atoms with E-state index in [1.807, 2.05) is 15.5 Å². The summed E-state index contributed by atoms with van der Waals surface area (Å²) in [5.41, 5.74) is 0.487. The van der Waals surface area contributed by atoms with Crippen LogP contribution in [-0.4, -0.2) is 56.3 Å². The van der Waals surface area contributed by atoms with Crippen LogP contribution in [0.15, 0.2) is 10.6 Å². The number of carbonyl (C=O) groups is 2. The molecule has 164 valence electrons. The van der Waals surface area contributed by atoms with Crippen molar-refractivity contribution in [3.8, 4) is 0 Å². The number of aryl methyl sites for hydroxylation is 1. The van der Waals surface area contributed by atoms with E-state index in [1.165, 1.54) is 12.8 Å². The average Bonchev–Trinajstić information content (AvgIpc) is 3.68. The van der Waals surface area contributed by atoms with Gasteiger partial charge in [0.2, 0.25) is 5.82 Å². The van der Waals surface area contributed by atoms with Crippen LogP contribution in [0.25, 0.3) is 0 Å². The predicted octanol–water partition coefficient (Wildman–Crippen LogP) is 2.15. The Morgan fingerprint density at radius 3 is 2.77 bits per heavy atom. The summed E-state index contributed by atoms with van der Waals surface area (Å²) in [6, 6.07) is 1.83. The first-order valence-electron chi connectivity index (χ1n) is 11.6. The van der Waals surface area contributed by atoms with Gasteiger partial charge in [0.25, 0.3) is 11.8 Å². The predicted molar refractivity (Wildman–Crippen MR) is 109 cm³/mol. The highest BCUT2D eigenvalue weighted by molar-refractivity contribution is 5.92. The zero-order valence-corrected chi connectivity index (χ0v) is 17.7. The van der Waals surface area contributed by atoms with Gasteiger partial charge in [0, 0.05) is 44.6 Å². The normalized spacial score (nSPS) is 25.5. The summed E-state index contributed by atoms with van der Waals surface area (Å²) in [5, 5.41) is 15.5. The van der Waals surface area contributed by atoms with E-state index in [0.29, 0.717) is 29.9 Å². The minimum atomic E-state index is -0.123. The number of carbonyl (C=O) groups excluding carboxylic acids is 2. The molecule has 2 aromatic heterocycles. The molecule has 1 spiro atoms. The number of hydrogen-bond acceptors (Lipinski definition) is 6. The van der Waals surface area contributed by atoms with Crippen molar-refractivity contribution in [3.05, 3.63) is 29.2 Å². The van der Waals surface area contributed by atoms with E-state index in [0.717, 1.165) is 69.7 Å². The Morgan fingerprint density at radius 1 is 1.13 bits per heavy atom. The van der Waals surface area contributed by atoms with Crippen molar-refractivity contribution in [2.75, 3.05) is 19.6 Å². The number of nitrogens with zero attached hydrogens (tertiary/aromatic N) is 5. The van der Waals surface area contributed by atoms with Gasteiger partial charge in [-0.3, -0.25) is 9.59 Å². The minimum Gasteiger partial charge on any atom is -0.360 e. The quantitative estimate of drug-likeness (QED) is 0.788. The SMILES string of the molecule is O=C(NCC1CC1)c1nnc2n1CCC1(CC2)CCN(C(=O)c2cc(C3CC3)on2)C1. The van der Waals surface area contributed by atoms with Crippen molar-refractivity contribution in [3.63, 3.8) is 0 Å². The highest BCUT2D eigenvalue weighted by Crippen LogP contribution is 2.42. The van der Waals surface area contributed by atoms with E-state index in [-0.39, 0.29) is 17.2 Å². The van der Waals surface area contributed by atoms with Crippen LogP contribution in [0.4, 0.5) is 0 Å². The molecule has 4 heterocycles. The van der Waals surface area contributed by atoms with E-state index < -0.39 is 0 Å². The summed E-state index contributed by atoms with van der Waals surface area (Å²) in [7, 11) is 0. The van der Waals surface area contributed by atoms with Crippen molar-refractivity contribution in [2.24, 2.45) is 11.3 Å². The third-order valence-electron chi connectivity index (χ3n) is 7.48. The lowest BCUT2D eigenvalue weighted by Crippen LogP contribution is -2.33. The lowest BCUT2D eigenvalue weighted by atomic mass is 9.80. The maximum Gasteiger partial charge on any atom is 0.289 e. The molecule has 1 atom stereocenters. The Bertz CT molecular complexity index is 1020. The van der Waals surface area contributed by atoms with Crippen LogP contribution in [0.5, 0.6) is 0 Å². The lowest BCUT2D eigenvalue weighted by molar-refractivity contribution is 0.0756. The summed E-state index contributed by atoms with van der Waals surface area (Å²) in [6.07, 6.45) is 8.26. The van der Waals surface area contributed by atoms with Gasteiger partial charge in [-0.2, -0.15) is 0 Å². The van der Waals surface area contributed by atoms with Crippen molar-refractivity contribution in [2.45, 2.75) is 63.8 Å². The zero-order valence-electron chi connectivity index (χ0n) is 17.7. The van der Waals surface area contributed by atoms with Gasteiger partial charge in [-0.05, 0) is 56.3 Å². The van der Waals surface area contributed by atoms with Crippen LogP contribution in [0, 0.1) is 11.3 Å². The molecular weight excluding hydrogens is 396 g/mol. The van der Waals surface area contributed by atoms with Crippen LogP contribution >= 0.6 is 0 Å². The maximum absolute atomic E-state index is 13.0. The van der Waals surface area contributed by atoms with Crippen molar-refractivity contribution < 1.29 is 14.1 Å². The van der Waals surface area contributed by atoms with E-state index in [1.54, 1.807) is 0 Å². The smallest absolute Gasteiger partial charge is 0.289 e. The summed E-state index contributed by atoms with van der Waals surface area (Å²) >= 11 is 0. The van der Waals surface area contributed by atoms with Crippen molar-refractivity contribution in [1.82, 2.24) is 30.1 Å². The molecule has 2 amide bonds. The molecule has 2 aromatic rings. The second kappa shape index (κ2) is 7.17. The van der Waals surface area contributed by atoms with E-state index in [4.69, 9.17) is 4.52 Å². The fourth-order valence-electron chi connectivity index (χ4n) is 5.04. The molecule has 0 bridgehead atoms. The lowest BCUT2D eigenvalue weighted by Gasteiger charge is -2.27. The average molecular weight is 425 g/mol. The van der Waals surface area contributed by atoms with Crippen LogP contribution in [0.3, 0.4) is 0 Å². The molecule has 1 saturated heterocycles. The number of hydrogen-bond donors (Lipinski definition) is 1. The second-order valence-corrected chi connectivity index (χ2v) is 9.86. The highest BCUT2D eigenvalue weighted by atomic mass is 16.5. The second-order valence-electron chi connectivity index (χ2n) is 9.86. The molecule has 2 aliphatic heterocycles. The Balaban J connectivity index is 1.12. The van der Waals surface area contributed by atoms with Gasteiger partial charge in [0.05, 0.1) is 0 Å². The fraction of sp³-hybridized carbons (Fsp3) is 0.682. The summed E-state index contributed by atoms with van der Waals surface area (Å²) < 4.78 is 7.37. The molecule has 6 rings (SSSR count). The number of amides is 2. The Hall–Kier alpha value is -2.71. The van der Waals surface area contributed by atoms with E-state index in [9.17, 15) is 9.59 Å². The third-order valence-corrected chi connectivity index (χ3v) is 7.48. The monoisotopic (exact) mass is 424 g/mol. The summed E-state index contributed by atoms with van der Waals surface area (Å²) in [5.74, 6) is 3.08. The first kappa shape index (κ1) is 19.0. The molecule has 31 heavy (non-hydrogen) atoms. The van der Waals surface area contributed by atoms with Crippen LogP contribution in [0.2, 0.25) is 0 Å². The molecule has 2 saturated carbocycles. The first-order chi connectivity index (χ1) is 15.1. The molecular formula is C22H28N6O3. The van der Waals surface area contributed by atoms with Crippen LogP contribution < -0.4 is 5.32 Å². The first-order valence-corrected chi connectivity index (χ1v) is 11.6. The van der Waals surface area contributed by atoms with Gasteiger partial charge in [-0.25, -0.2) is 0 Å².